The summed E-state index contributed by atoms with van der Waals surface area (Å²) in [5, 5.41) is 1.47. The summed E-state index contributed by atoms with van der Waals surface area (Å²) in [5.74, 6) is 0.347. The molecule has 0 radical (unpaired) electrons. The molecule has 2 aromatic carbocycles. The Kier molecular flexibility index (Phi) is 5.32. The molecule has 0 aliphatic heterocycles. The van der Waals surface area contributed by atoms with Gasteiger partial charge in [-0.2, -0.15) is 0 Å². The molecule has 1 N–H and O–H groups in total. The van der Waals surface area contributed by atoms with Gasteiger partial charge >= 0.3 is 5.97 Å². The van der Waals surface area contributed by atoms with Gasteiger partial charge in [-0.3, -0.25) is 4.79 Å². The molecule has 1 heterocycles. The first-order chi connectivity index (χ1) is 12.0. The molecule has 0 spiro atoms. The van der Waals surface area contributed by atoms with E-state index in [1.54, 1.807) is 24.3 Å². The summed E-state index contributed by atoms with van der Waals surface area (Å²) in [7, 11) is 1.30. The number of nitrogens with one attached hydrogen (secondary N) is 1. The van der Waals surface area contributed by atoms with Crippen LogP contribution in [-0.4, -0.2) is 23.0 Å². The Bertz CT molecular complexity index is 1000. The number of methoxy groups -OCH3 is 1. The molecule has 25 heavy (non-hydrogen) atoms. The van der Waals surface area contributed by atoms with Crippen LogP contribution in [0.3, 0.4) is 0 Å². The summed E-state index contributed by atoms with van der Waals surface area (Å²) in [6.45, 7) is 0. The van der Waals surface area contributed by atoms with Crippen LogP contribution >= 0.6 is 35.0 Å². The van der Waals surface area contributed by atoms with Crippen LogP contribution in [0.5, 0.6) is 0 Å². The predicted octanol–water partition coefficient (Wildman–Crippen LogP) is 4.31. The Morgan fingerprint density at radius 3 is 2.64 bits per heavy atom. The van der Waals surface area contributed by atoms with Crippen molar-refractivity contribution in [3.05, 3.63) is 68.2 Å². The number of H-pyrrole nitrogens is 1. The van der Waals surface area contributed by atoms with Crippen molar-refractivity contribution < 1.29 is 9.53 Å². The molecule has 128 valence electrons. The molecule has 0 fully saturated rings. The SMILES string of the molecule is COC(=O)c1ccc2c(=O)[nH]c(CSc3c(Cl)cccc3Cl)nc2c1. The van der Waals surface area contributed by atoms with Crippen molar-refractivity contribution in [2.24, 2.45) is 0 Å². The number of fused-ring (bicyclic) bond motifs is 1. The van der Waals surface area contributed by atoms with Crippen molar-refractivity contribution >= 4 is 51.8 Å². The normalized spacial score (nSPS) is 10.8. The van der Waals surface area contributed by atoms with E-state index < -0.39 is 5.97 Å². The van der Waals surface area contributed by atoms with Gasteiger partial charge < -0.3 is 9.72 Å². The van der Waals surface area contributed by atoms with Crippen molar-refractivity contribution in [3.63, 3.8) is 0 Å². The average Bonchev–Trinajstić information content (AvgIpc) is 2.60. The van der Waals surface area contributed by atoms with Gasteiger partial charge in [0, 0.05) is 4.90 Å². The van der Waals surface area contributed by atoms with Gasteiger partial charge in [0.15, 0.2) is 0 Å². The molecule has 0 unspecified atom stereocenters. The van der Waals surface area contributed by atoms with Gasteiger partial charge in [0.2, 0.25) is 0 Å². The van der Waals surface area contributed by atoms with Crippen LogP contribution in [-0.2, 0) is 10.5 Å². The minimum absolute atomic E-state index is 0.276. The van der Waals surface area contributed by atoms with E-state index in [0.717, 1.165) is 4.90 Å². The quantitative estimate of drug-likeness (QED) is 0.527. The number of carbonyl (C=O) groups excluding carboxylic acids is 1. The smallest absolute Gasteiger partial charge is 0.337 e. The number of nitrogens with zero attached hydrogens (tertiary/aromatic N) is 1. The van der Waals surface area contributed by atoms with E-state index in [2.05, 4.69) is 9.97 Å². The zero-order valence-corrected chi connectivity index (χ0v) is 15.3. The van der Waals surface area contributed by atoms with Crippen LogP contribution in [0.2, 0.25) is 10.0 Å². The second-order valence-electron chi connectivity index (χ2n) is 5.08. The number of aromatic nitrogens is 2. The zero-order valence-electron chi connectivity index (χ0n) is 13.0. The Balaban J connectivity index is 1.94. The number of carbonyl (C=O) groups is 1. The molecular weight excluding hydrogens is 383 g/mol. The number of aromatic amines is 1. The largest absolute Gasteiger partial charge is 0.465 e. The van der Waals surface area contributed by atoms with E-state index in [1.807, 2.05) is 0 Å². The second kappa shape index (κ2) is 7.47. The molecular formula is C17H12Cl2N2O3S. The zero-order chi connectivity index (χ0) is 18.0. The minimum atomic E-state index is -0.484. The van der Waals surface area contributed by atoms with E-state index >= 15 is 0 Å². The molecule has 1 aromatic heterocycles. The second-order valence-corrected chi connectivity index (χ2v) is 6.88. The molecule has 5 nitrogen and oxygen atoms in total. The first-order valence-corrected chi connectivity index (χ1v) is 8.92. The molecule has 3 rings (SSSR count). The number of esters is 1. The summed E-state index contributed by atoms with van der Waals surface area (Å²) in [5.41, 5.74) is 0.482. The highest BCUT2D eigenvalue weighted by Crippen LogP contribution is 2.35. The lowest BCUT2D eigenvalue weighted by molar-refractivity contribution is 0.0601. The molecule has 0 aliphatic carbocycles. The molecule has 0 bridgehead atoms. The van der Waals surface area contributed by atoms with Gasteiger partial charge in [-0.1, -0.05) is 29.3 Å². The maximum Gasteiger partial charge on any atom is 0.337 e. The molecule has 0 saturated heterocycles. The Morgan fingerprint density at radius 1 is 1.24 bits per heavy atom. The number of hydrogen-bond acceptors (Lipinski definition) is 5. The first-order valence-electron chi connectivity index (χ1n) is 7.17. The summed E-state index contributed by atoms with van der Waals surface area (Å²) in [4.78, 5) is 31.7. The van der Waals surface area contributed by atoms with E-state index in [-0.39, 0.29) is 5.56 Å². The number of ether oxygens (including phenoxy) is 1. The number of halogens is 2. The van der Waals surface area contributed by atoms with Crippen LogP contribution in [0, 0.1) is 0 Å². The lowest BCUT2D eigenvalue weighted by atomic mass is 10.1. The van der Waals surface area contributed by atoms with E-state index in [4.69, 9.17) is 27.9 Å². The topological polar surface area (TPSA) is 72.1 Å². The van der Waals surface area contributed by atoms with Gasteiger partial charge in [-0.15, -0.1) is 11.8 Å². The summed E-state index contributed by atoms with van der Waals surface area (Å²) < 4.78 is 4.69. The van der Waals surface area contributed by atoms with Crippen molar-refractivity contribution in [1.82, 2.24) is 9.97 Å². The van der Waals surface area contributed by atoms with Gasteiger partial charge in [0.1, 0.15) is 5.82 Å². The van der Waals surface area contributed by atoms with E-state index in [9.17, 15) is 9.59 Å². The predicted molar refractivity (Wildman–Crippen MR) is 99.7 cm³/mol. The van der Waals surface area contributed by atoms with Gasteiger partial charge in [0.05, 0.1) is 39.4 Å². The fraction of sp³-hybridized carbons (Fsp3) is 0.118. The van der Waals surface area contributed by atoms with Crippen molar-refractivity contribution in [3.8, 4) is 0 Å². The fourth-order valence-electron chi connectivity index (χ4n) is 2.26. The first kappa shape index (κ1) is 17.8. The van der Waals surface area contributed by atoms with Gasteiger partial charge in [-0.05, 0) is 30.3 Å². The monoisotopic (exact) mass is 394 g/mol. The molecule has 0 aliphatic rings. The van der Waals surface area contributed by atoms with Crippen LogP contribution in [0.15, 0.2) is 46.1 Å². The van der Waals surface area contributed by atoms with Crippen molar-refractivity contribution in [2.45, 2.75) is 10.6 Å². The van der Waals surface area contributed by atoms with Gasteiger partial charge in [0.25, 0.3) is 5.56 Å². The molecule has 0 amide bonds. The van der Waals surface area contributed by atoms with Crippen molar-refractivity contribution in [2.75, 3.05) is 7.11 Å². The summed E-state index contributed by atoms with van der Waals surface area (Å²) in [6.07, 6.45) is 0. The number of hydrogen-bond donors (Lipinski definition) is 1. The summed E-state index contributed by atoms with van der Waals surface area (Å²) >= 11 is 13.7. The third-order valence-electron chi connectivity index (χ3n) is 3.45. The maximum absolute atomic E-state index is 12.2. The van der Waals surface area contributed by atoms with E-state index in [0.29, 0.717) is 38.1 Å². The molecule has 8 heteroatoms. The fourth-order valence-corrected chi connectivity index (χ4v) is 3.82. The minimum Gasteiger partial charge on any atom is -0.465 e. The maximum atomic E-state index is 12.2. The lowest BCUT2D eigenvalue weighted by Gasteiger charge is -2.07. The standard InChI is InChI=1S/C17H12Cl2N2O3S/c1-24-17(23)9-5-6-10-13(7-9)20-14(21-16(10)22)8-25-15-11(18)3-2-4-12(15)19/h2-7H,8H2,1H3,(H,20,21,22). The number of thioether (sulfide) groups is 1. The highest BCUT2D eigenvalue weighted by Gasteiger charge is 2.11. The highest BCUT2D eigenvalue weighted by molar-refractivity contribution is 7.98. The average molecular weight is 395 g/mol. The lowest BCUT2D eigenvalue weighted by Crippen LogP contribution is -2.12. The Hall–Kier alpha value is -2.02. The molecule has 3 aromatic rings. The van der Waals surface area contributed by atoms with Crippen LogP contribution in [0.1, 0.15) is 16.2 Å². The van der Waals surface area contributed by atoms with Crippen LogP contribution < -0.4 is 5.56 Å². The Morgan fingerprint density at radius 2 is 1.96 bits per heavy atom. The Labute approximate surface area is 157 Å². The van der Waals surface area contributed by atoms with Crippen molar-refractivity contribution in [1.29, 1.82) is 0 Å². The summed E-state index contributed by atoms with van der Waals surface area (Å²) in [6, 6.07) is 9.87. The number of benzene rings is 2. The van der Waals surface area contributed by atoms with Crippen LogP contribution in [0.25, 0.3) is 10.9 Å². The third kappa shape index (κ3) is 3.81. The molecule has 0 atom stereocenters. The number of rotatable bonds is 4. The molecule has 0 saturated carbocycles. The van der Waals surface area contributed by atoms with Gasteiger partial charge in [-0.25, -0.2) is 9.78 Å². The van der Waals surface area contributed by atoms with Crippen LogP contribution in [0.4, 0.5) is 0 Å². The van der Waals surface area contributed by atoms with E-state index in [1.165, 1.54) is 31.0 Å². The highest BCUT2D eigenvalue weighted by atomic mass is 35.5. The third-order valence-corrected chi connectivity index (χ3v) is 5.45.